The molecule has 1 aromatic heterocycles. The van der Waals surface area contributed by atoms with Crippen molar-refractivity contribution in [1.82, 2.24) is 14.5 Å². The van der Waals surface area contributed by atoms with Crippen LogP contribution in [0.1, 0.15) is 24.4 Å². The van der Waals surface area contributed by atoms with Gasteiger partial charge in [-0.2, -0.15) is 0 Å². The van der Waals surface area contributed by atoms with Gasteiger partial charge >= 0.3 is 6.03 Å². The van der Waals surface area contributed by atoms with Crippen LogP contribution in [0.2, 0.25) is 0 Å². The first-order valence-corrected chi connectivity index (χ1v) is 8.72. The molecule has 0 bridgehead atoms. The molecule has 0 radical (unpaired) electrons. The third kappa shape index (κ3) is 2.83. The highest BCUT2D eigenvalue weighted by atomic mass is 16.2. The first kappa shape index (κ1) is 16.3. The van der Waals surface area contributed by atoms with Gasteiger partial charge < -0.3 is 9.47 Å². The lowest BCUT2D eigenvalue weighted by atomic mass is 9.97. The van der Waals surface area contributed by atoms with E-state index in [1.807, 2.05) is 18.2 Å². The number of nitrogens with zero attached hydrogens (tertiary/aromatic N) is 3. The quantitative estimate of drug-likeness (QED) is 0.773. The van der Waals surface area contributed by atoms with Crippen molar-refractivity contribution in [1.29, 1.82) is 0 Å². The molecule has 132 valence electrons. The molecule has 1 aliphatic heterocycles. The largest absolute Gasteiger partial charge is 0.323 e. The summed E-state index contributed by atoms with van der Waals surface area (Å²) >= 11 is 0. The van der Waals surface area contributed by atoms with E-state index in [9.17, 15) is 9.59 Å². The summed E-state index contributed by atoms with van der Waals surface area (Å²) in [6, 6.07) is 14.1. The molecule has 1 saturated heterocycles. The average Bonchev–Trinajstić information content (AvgIpc) is 3.15. The Morgan fingerprint density at radius 3 is 2.88 bits per heavy atom. The summed E-state index contributed by atoms with van der Waals surface area (Å²) in [5.74, 6) is 0.0589. The third-order valence-electron chi connectivity index (χ3n) is 4.94. The maximum Gasteiger partial charge on any atom is 0.323 e. The third-order valence-corrected chi connectivity index (χ3v) is 4.94. The number of benzene rings is 2. The molecule has 0 saturated carbocycles. The topological polar surface area (TPSA) is 67.2 Å². The molecule has 1 fully saturated rings. The summed E-state index contributed by atoms with van der Waals surface area (Å²) in [5, 5.41) is 5.01. The van der Waals surface area contributed by atoms with Gasteiger partial charge in [-0.3, -0.25) is 10.1 Å². The lowest BCUT2D eigenvalue weighted by Crippen LogP contribution is -2.37. The molecular weight excluding hydrogens is 328 g/mol. The van der Waals surface area contributed by atoms with E-state index in [1.54, 1.807) is 18.1 Å². The maximum absolute atomic E-state index is 12.8. The van der Waals surface area contributed by atoms with Crippen molar-refractivity contribution in [2.24, 2.45) is 7.05 Å². The summed E-state index contributed by atoms with van der Waals surface area (Å²) < 4.78 is 1.40. The SMILES string of the molecule is Cn1ccnc(NC(=O)N2CCC[C@H]2c2cccc3ccccc23)c1=O. The Kier molecular flexibility index (Phi) is 4.16. The molecule has 0 spiro atoms. The van der Waals surface area contributed by atoms with Crippen LogP contribution < -0.4 is 10.9 Å². The number of hydrogen-bond donors (Lipinski definition) is 1. The molecule has 1 atom stereocenters. The number of hydrogen-bond acceptors (Lipinski definition) is 3. The molecule has 1 N–H and O–H groups in total. The van der Waals surface area contributed by atoms with E-state index in [0.29, 0.717) is 6.54 Å². The average molecular weight is 348 g/mol. The van der Waals surface area contributed by atoms with Gasteiger partial charge in [-0.1, -0.05) is 42.5 Å². The van der Waals surface area contributed by atoms with Gasteiger partial charge in [0, 0.05) is 26.0 Å². The number of urea groups is 1. The van der Waals surface area contributed by atoms with Crippen LogP contribution in [-0.4, -0.2) is 27.0 Å². The van der Waals surface area contributed by atoms with Crippen molar-refractivity contribution < 1.29 is 4.79 Å². The van der Waals surface area contributed by atoms with Crippen LogP contribution >= 0.6 is 0 Å². The second kappa shape index (κ2) is 6.63. The van der Waals surface area contributed by atoms with Crippen LogP contribution in [0, 0.1) is 0 Å². The minimum absolute atomic E-state index is 0.00587. The Labute approximate surface area is 151 Å². The van der Waals surface area contributed by atoms with Gasteiger partial charge in [0.2, 0.25) is 5.82 Å². The van der Waals surface area contributed by atoms with Crippen molar-refractivity contribution in [2.75, 3.05) is 11.9 Å². The Hall–Kier alpha value is -3.15. The van der Waals surface area contributed by atoms with Crippen molar-refractivity contribution in [3.8, 4) is 0 Å². The van der Waals surface area contributed by atoms with Gasteiger partial charge in [0.25, 0.3) is 5.56 Å². The number of carbonyl (C=O) groups is 1. The minimum Gasteiger partial charge on any atom is -0.317 e. The number of aryl methyl sites for hydroxylation is 1. The molecular formula is C20H20N4O2. The van der Waals surface area contributed by atoms with Gasteiger partial charge in [0.05, 0.1) is 6.04 Å². The van der Waals surface area contributed by atoms with E-state index in [1.165, 1.54) is 10.8 Å². The van der Waals surface area contributed by atoms with Crippen LogP contribution in [0.4, 0.5) is 10.6 Å². The summed E-state index contributed by atoms with van der Waals surface area (Å²) in [4.78, 5) is 30.7. The number of fused-ring (bicyclic) bond motifs is 1. The lowest BCUT2D eigenvalue weighted by Gasteiger charge is -2.26. The van der Waals surface area contributed by atoms with E-state index in [4.69, 9.17) is 0 Å². The molecule has 3 aromatic rings. The Morgan fingerprint density at radius 2 is 2.00 bits per heavy atom. The van der Waals surface area contributed by atoms with E-state index in [2.05, 4.69) is 34.6 Å². The van der Waals surface area contributed by atoms with Crippen molar-refractivity contribution in [3.63, 3.8) is 0 Å². The van der Waals surface area contributed by atoms with Crippen LogP contribution in [-0.2, 0) is 7.05 Å². The van der Waals surface area contributed by atoms with Crippen LogP contribution in [0.25, 0.3) is 10.8 Å². The molecule has 2 aromatic carbocycles. The molecule has 4 rings (SSSR count). The number of likely N-dealkylation sites (tertiary alicyclic amines) is 1. The summed E-state index contributed by atoms with van der Waals surface area (Å²) in [7, 11) is 1.63. The Bertz CT molecular complexity index is 1020. The van der Waals surface area contributed by atoms with Gasteiger partial charge in [-0.25, -0.2) is 9.78 Å². The van der Waals surface area contributed by atoms with Gasteiger partial charge in [-0.15, -0.1) is 0 Å². The summed E-state index contributed by atoms with van der Waals surface area (Å²) in [5.41, 5.74) is 0.825. The van der Waals surface area contributed by atoms with Crippen LogP contribution in [0.3, 0.4) is 0 Å². The van der Waals surface area contributed by atoms with Gasteiger partial charge in [0.15, 0.2) is 0 Å². The Morgan fingerprint density at radius 1 is 1.19 bits per heavy atom. The predicted molar refractivity (Wildman–Crippen MR) is 101 cm³/mol. The molecule has 1 aliphatic rings. The first-order valence-electron chi connectivity index (χ1n) is 8.72. The number of rotatable bonds is 2. The monoisotopic (exact) mass is 348 g/mol. The fourth-order valence-corrected chi connectivity index (χ4v) is 3.63. The standard InChI is InChI=1S/C20H20N4O2/c1-23-13-11-21-18(19(23)25)22-20(26)24-12-5-10-17(24)16-9-4-7-14-6-2-3-8-15(14)16/h2-4,6-9,11,13,17H,5,10,12H2,1H3,(H,21,22,26)/t17-/m0/s1. The highest BCUT2D eigenvalue weighted by molar-refractivity contribution is 5.90. The highest BCUT2D eigenvalue weighted by Gasteiger charge is 2.31. The van der Waals surface area contributed by atoms with Crippen LogP contribution in [0.15, 0.2) is 59.7 Å². The normalized spacial score (nSPS) is 16.8. The van der Waals surface area contributed by atoms with E-state index >= 15 is 0 Å². The van der Waals surface area contributed by atoms with Crippen molar-refractivity contribution >= 4 is 22.6 Å². The first-order chi connectivity index (χ1) is 12.6. The molecule has 6 heteroatoms. The fraction of sp³-hybridized carbons (Fsp3) is 0.250. The zero-order chi connectivity index (χ0) is 18.1. The molecule has 0 unspecified atom stereocenters. The number of carbonyl (C=O) groups excluding carboxylic acids is 1. The zero-order valence-corrected chi connectivity index (χ0v) is 14.6. The smallest absolute Gasteiger partial charge is 0.317 e. The molecule has 26 heavy (non-hydrogen) atoms. The minimum atomic E-state index is -0.318. The molecule has 2 amide bonds. The molecule has 0 aliphatic carbocycles. The van der Waals surface area contributed by atoms with Gasteiger partial charge in [-0.05, 0) is 29.2 Å². The number of amides is 2. The summed E-state index contributed by atoms with van der Waals surface area (Å²) in [6.07, 6.45) is 4.90. The number of aromatic nitrogens is 2. The molecule has 6 nitrogen and oxygen atoms in total. The highest BCUT2D eigenvalue weighted by Crippen LogP contribution is 2.36. The lowest BCUT2D eigenvalue weighted by molar-refractivity contribution is 0.207. The molecule has 2 heterocycles. The van der Waals surface area contributed by atoms with E-state index in [-0.39, 0.29) is 23.5 Å². The number of anilines is 1. The second-order valence-corrected chi connectivity index (χ2v) is 6.54. The van der Waals surface area contributed by atoms with Gasteiger partial charge in [0.1, 0.15) is 0 Å². The zero-order valence-electron chi connectivity index (χ0n) is 14.6. The van der Waals surface area contributed by atoms with Crippen molar-refractivity contribution in [2.45, 2.75) is 18.9 Å². The van der Waals surface area contributed by atoms with E-state index < -0.39 is 0 Å². The number of nitrogens with one attached hydrogen (secondary N) is 1. The Balaban J connectivity index is 1.65. The van der Waals surface area contributed by atoms with Crippen LogP contribution in [0.5, 0.6) is 0 Å². The second-order valence-electron chi connectivity index (χ2n) is 6.54. The summed E-state index contributed by atoms with van der Waals surface area (Å²) in [6.45, 7) is 0.660. The van der Waals surface area contributed by atoms with E-state index in [0.717, 1.165) is 29.2 Å². The maximum atomic E-state index is 12.8. The van der Waals surface area contributed by atoms with Crippen molar-refractivity contribution in [3.05, 3.63) is 70.8 Å². The predicted octanol–water partition coefficient (Wildman–Crippen LogP) is 3.30. The fourth-order valence-electron chi connectivity index (χ4n) is 3.63.